The minimum Gasteiger partial charge on any atom is -0.347 e. The molecule has 56 heavy (non-hydrogen) atoms. The molecule has 10 nitrogen and oxygen atoms in total. The maximum absolute atomic E-state index is 14.1. The minimum absolute atomic E-state index is 0.0930. The number of aryl methyl sites for hydroxylation is 2. The number of likely N-dealkylation sites (tertiary alicyclic amines) is 1. The van der Waals surface area contributed by atoms with Gasteiger partial charge in [-0.25, -0.2) is 0 Å². The van der Waals surface area contributed by atoms with Crippen LogP contribution in [0.3, 0.4) is 0 Å². The van der Waals surface area contributed by atoms with Crippen LogP contribution < -0.4 is 27.4 Å². The predicted molar refractivity (Wildman–Crippen MR) is 220 cm³/mol. The molecule has 7 atom stereocenters. The molecule has 0 bridgehead atoms. The summed E-state index contributed by atoms with van der Waals surface area (Å²) in [6.45, 7) is 11.9. The third-order valence-electron chi connectivity index (χ3n) is 12.2. The van der Waals surface area contributed by atoms with Crippen LogP contribution in [0, 0.1) is 10.8 Å². The van der Waals surface area contributed by atoms with Gasteiger partial charge < -0.3 is 32.3 Å². The van der Waals surface area contributed by atoms with Gasteiger partial charge in [0, 0.05) is 18.9 Å². The topological polar surface area (TPSA) is 160 Å². The van der Waals surface area contributed by atoms with Crippen molar-refractivity contribution in [1.82, 2.24) is 20.9 Å². The van der Waals surface area contributed by atoms with Crippen molar-refractivity contribution >= 4 is 23.6 Å². The Bertz CT molecular complexity index is 1900. The number of carbonyl (C=O) groups excluding carboxylic acids is 4. The van der Waals surface area contributed by atoms with Gasteiger partial charge in [0.2, 0.25) is 23.6 Å². The zero-order valence-electron chi connectivity index (χ0n) is 34.1. The van der Waals surface area contributed by atoms with Gasteiger partial charge in [0.15, 0.2) is 0 Å². The average Bonchev–Trinajstić information content (AvgIpc) is 3.62. The number of carbonyl (C=O) groups is 4. The van der Waals surface area contributed by atoms with Crippen molar-refractivity contribution < 1.29 is 19.2 Å². The fourth-order valence-corrected chi connectivity index (χ4v) is 8.49. The lowest BCUT2D eigenvalue weighted by Gasteiger charge is -2.34. The Balaban J connectivity index is 1.20. The first-order chi connectivity index (χ1) is 26.5. The number of rotatable bonds is 10. The lowest BCUT2D eigenvalue weighted by molar-refractivity contribution is -0.141. The Morgan fingerprint density at radius 3 is 1.80 bits per heavy atom. The molecule has 3 aromatic rings. The van der Waals surface area contributed by atoms with E-state index < -0.39 is 35.0 Å². The van der Waals surface area contributed by atoms with Crippen LogP contribution in [0.4, 0.5) is 0 Å². The predicted octanol–water partition coefficient (Wildman–Crippen LogP) is 5.53. The minimum atomic E-state index is -0.840. The second-order valence-electron chi connectivity index (χ2n) is 18.4. The van der Waals surface area contributed by atoms with Gasteiger partial charge in [-0.05, 0) is 89.2 Å². The molecule has 4 amide bonds. The molecular formula is C46H62N6O4. The van der Waals surface area contributed by atoms with Crippen molar-refractivity contribution in [1.29, 1.82) is 0 Å². The summed E-state index contributed by atoms with van der Waals surface area (Å²) in [5.41, 5.74) is 18.5. The highest BCUT2D eigenvalue weighted by molar-refractivity contribution is 5.92. The summed E-state index contributed by atoms with van der Waals surface area (Å²) in [4.78, 5) is 57.1. The summed E-state index contributed by atoms with van der Waals surface area (Å²) in [6, 6.07) is 21.1. The highest BCUT2D eigenvalue weighted by atomic mass is 16.2. The largest absolute Gasteiger partial charge is 0.347 e. The van der Waals surface area contributed by atoms with Crippen LogP contribution >= 0.6 is 0 Å². The Morgan fingerprint density at radius 2 is 1.25 bits per heavy atom. The highest BCUT2D eigenvalue weighted by Crippen LogP contribution is 2.36. The van der Waals surface area contributed by atoms with Crippen molar-refractivity contribution in [2.24, 2.45) is 22.3 Å². The Kier molecular flexibility index (Phi) is 12.4. The van der Waals surface area contributed by atoms with Gasteiger partial charge in [-0.2, -0.15) is 0 Å². The lowest BCUT2D eigenvalue weighted by Crippen LogP contribution is -2.56. The number of amides is 4. The molecule has 7 N–H and O–H groups in total. The zero-order valence-corrected chi connectivity index (χ0v) is 34.1. The molecule has 2 aliphatic carbocycles. The van der Waals surface area contributed by atoms with Gasteiger partial charge in [-0.15, -0.1) is 0 Å². The van der Waals surface area contributed by atoms with E-state index >= 15 is 0 Å². The van der Waals surface area contributed by atoms with E-state index in [4.69, 9.17) is 11.5 Å². The van der Waals surface area contributed by atoms with E-state index in [1.54, 1.807) is 4.90 Å². The average molecular weight is 763 g/mol. The fraction of sp³-hybridized carbons (Fsp3) is 0.522. The third-order valence-corrected chi connectivity index (χ3v) is 12.2. The van der Waals surface area contributed by atoms with E-state index in [-0.39, 0.29) is 48.1 Å². The Labute approximate surface area is 332 Å². The SMILES string of the molecule is CC(C)(C)C(N)C(=O)N[C@@H](Cc1ccc([C@H]2C[C@@H](C(=O)NC3CCCc4ccccc43)N(C(=O)[C@@H](N)C(C)(C)C)C2)cc1)C(=O)NC1CCCc2ccccc21. The van der Waals surface area contributed by atoms with Gasteiger partial charge in [0.1, 0.15) is 12.1 Å². The molecule has 1 heterocycles. The molecule has 3 aliphatic rings. The van der Waals surface area contributed by atoms with Gasteiger partial charge in [0.25, 0.3) is 0 Å². The summed E-state index contributed by atoms with van der Waals surface area (Å²) in [5.74, 6) is -1.09. The molecule has 1 aliphatic heterocycles. The van der Waals surface area contributed by atoms with Crippen molar-refractivity contribution in [3.05, 3.63) is 106 Å². The van der Waals surface area contributed by atoms with Gasteiger partial charge in [-0.1, -0.05) is 114 Å². The Morgan fingerprint density at radius 1 is 0.714 bits per heavy atom. The van der Waals surface area contributed by atoms with Crippen LogP contribution in [0.1, 0.15) is 125 Å². The monoisotopic (exact) mass is 762 g/mol. The second kappa shape index (κ2) is 16.9. The number of benzene rings is 3. The van der Waals surface area contributed by atoms with Crippen molar-refractivity contribution in [2.45, 2.75) is 135 Å². The molecule has 10 heteroatoms. The first kappa shape index (κ1) is 41.1. The highest BCUT2D eigenvalue weighted by Gasteiger charge is 2.44. The summed E-state index contributed by atoms with van der Waals surface area (Å²) < 4.78 is 0. The number of hydrogen-bond acceptors (Lipinski definition) is 6. The van der Waals surface area contributed by atoms with Crippen LogP contribution in [0.5, 0.6) is 0 Å². The zero-order chi connectivity index (χ0) is 40.4. The lowest BCUT2D eigenvalue weighted by atomic mass is 9.86. The number of nitrogens with zero attached hydrogens (tertiary/aromatic N) is 1. The van der Waals surface area contributed by atoms with E-state index in [2.05, 4.69) is 40.2 Å². The summed E-state index contributed by atoms with van der Waals surface area (Å²) in [6.07, 6.45) is 6.35. The molecular weight excluding hydrogens is 701 g/mol. The number of nitrogens with one attached hydrogen (secondary N) is 3. The van der Waals surface area contributed by atoms with Crippen molar-refractivity contribution in [3.63, 3.8) is 0 Å². The third kappa shape index (κ3) is 9.35. The molecule has 3 aromatic carbocycles. The van der Waals surface area contributed by atoms with E-state index in [1.807, 2.05) is 90.1 Å². The van der Waals surface area contributed by atoms with E-state index in [0.717, 1.165) is 60.8 Å². The first-order valence-corrected chi connectivity index (χ1v) is 20.5. The molecule has 300 valence electrons. The molecule has 1 saturated heterocycles. The van der Waals surface area contributed by atoms with E-state index in [1.165, 1.54) is 11.1 Å². The fourth-order valence-electron chi connectivity index (χ4n) is 8.49. The van der Waals surface area contributed by atoms with Gasteiger partial charge in [0.05, 0.1) is 24.2 Å². The smallest absolute Gasteiger partial charge is 0.243 e. The van der Waals surface area contributed by atoms with Gasteiger partial charge >= 0.3 is 0 Å². The van der Waals surface area contributed by atoms with Crippen molar-refractivity contribution in [3.8, 4) is 0 Å². The van der Waals surface area contributed by atoms with Crippen LogP contribution in [-0.2, 0) is 38.4 Å². The molecule has 0 saturated carbocycles. The normalized spacial score (nSPS) is 22.5. The van der Waals surface area contributed by atoms with Crippen molar-refractivity contribution in [2.75, 3.05) is 6.54 Å². The molecule has 1 fully saturated rings. The summed E-state index contributed by atoms with van der Waals surface area (Å²) >= 11 is 0. The summed E-state index contributed by atoms with van der Waals surface area (Å²) in [7, 11) is 0. The standard InChI is InChI=1S/C46H62N6O4/c1-45(2,3)39(47)43(55)51-37(41(53)49-35-19-11-15-30-13-7-9-17-33(30)35)25-28-21-23-29(24-22-28)32-26-38(52(27-32)44(56)40(48)46(4,5)6)42(54)50-36-20-12-16-31-14-8-10-18-34(31)36/h7-10,13-14,17-18,21-24,32,35-40H,11-12,15-16,19-20,25-27,47-48H2,1-6H3,(H,49,53)(H,50,54)(H,51,55)/t32-,35?,36?,37-,38-,39?,40+/m0/s1. The summed E-state index contributed by atoms with van der Waals surface area (Å²) in [5, 5.41) is 9.52. The molecule has 0 radical (unpaired) electrons. The number of nitrogens with two attached hydrogens (primary N) is 2. The molecule has 3 unspecified atom stereocenters. The molecule has 6 rings (SSSR count). The van der Waals surface area contributed by atoms with Gasteiger partial charge in [-0.3, -0.25) is 19.2 Å². The van der Waals surface area contributed by atoms with Crippen LogP contribution in [0.2, 0.25) is 0 Å². The van der Waals surface area contributed by atoms with Crippen LogP contribution in [-0.4, -0.2) is 59.2 Å². The maximum Gasteiger partial charge on any atom is 0.243 e. The number of hydrogen-bond donors (Lipinski definition) is 5. The van der Waals surface area contributed by atoms with E-state index in [9.17, 15) is 19.2 Å². The first-order valence-electron chi connectivity index (χ1n) is 20.5. The second-order valence-corrected chi connectivity index (χ2v) is 18.4. The maximum atomic E-state index is 14.1. The molecule has 0 aromatic heterocycles. The Hall–Kier alpha value is -4.54. The number of fused-ring (bicyclic) bond motifs is 2. The molecule has 0 spiro atoms. The van der Waals surface area contributed by atoms with Crippen LogP contribution in [0.15, 0.2) is 72.8 Å². The van der Waals surface area contributed by atoms with E-state index in [0.29, 0.717) is 13.0 Å². The quantitative estimate of drug-likeness (QED) is 0.183. The van der Waals surface area contributed by atoms with Crippen LogP contribution in [0.25, 0.3) is 0 Å².